The number of ether oxygens (including phenoxy) is 1. The third-order valence-electron chi connectivity index (χ3n) is 4.08. The molecule has 0 radical (unpaired) electrons. The third-order valence-corrected chi connectivity index (χ3v) is 4.83. The standard InChI is InChI=1S/C18H19N5O2S/c1-26-14-4-2-13(3-5-14)15-12-17(25-22-15)20-16-6-7-19-18(21-16)23-8-10-24-11-9-23/h2-7,12H,8-11H2,1H3,(H,19,20,21). The van der Waals surface area contributed by atoms with Gasteiger partial charge >= 0.3 is 0 Å². The first-order chi connectivity index (χ1) is 12.8. The summed E-state index contributed by atoms with van der Waals surface area (Å²) < 4.78 is 10.8. The van der Waals surface area contributed by atoms with Crippen molar-refractivity contribution in [3.63, 3.8) is 0 Å². The van der Waals surface area contributed by atoms with Gasteiger partial charge in [-0.3, -0.25) is 0 Å². The van der Waals surface area contributed by atoms with Crippen molar-refractivity contribution in [1.82, 2.24) is 15.1 Å². The van der Waals surface area contributed by atoms with Gasteiger partial charge in [-0.15, -0.1) is 11.8 Å². The number of anilines is 3. The van der Waals surface area contributed by atoms with E-state index in [9.17, 15) is 0 Å². The Morgan fingerprint density at radius 1 is 1.12 bits per heavy atom. The van der Waals surface area contributed by atoms with E-state index in [0.29, 0.717) is 30.9 Å². The average Bonchev–Trinajstić information content (AvgIpc) is 3.17. The fourth-order valence-corrected chi connectivity index (χ4v) is 3.10. The van der Waals surface area contributed by atoms with Gasteiger partial charge in [-0.05, 0) is 24.5 Å². The molecule has 8 heteroatoms. The van der Waals surface area contributed by atoms with Crippen LogP contribution in [0.25, 0.3) is 11.3 Å². The highest BCUT2D eigenvalue weighted by atomic mass is 32.2. The zero-order valence-corrected chi connectivity index (χ0v) is 15.2. The summed E-state index contributed by atoms with van der Waals surface area (Å²) in [6.07, 6.45) is 3.79. The van der Waals surface area contributed by atoms with Crippen molar-refractivity contribution in [3.8, 4) is 11.3 Å². The summed E-state index contributed by atoms with van der Waals surface area (Å²) in [4.78, 5) is 12.2. The van der Waals surface area contributed by atoms with Gasteiger partial charge in [-0.1, -0.05) is 17.3 Å². The van der Waals surface area contributed by atoms with Crippen LogP contribution in [0.1, 0.15) is 0 Å². The number of rotatable bonds is 5. The van der Waals surface area contributed by atoms with Crippen molar-refractivity contribution >= 4 is 29.4 Å². The maximum absolute atomic E-state index is 5.40. The summed E-state index contributed by atoms with van der Waals surface area (Å²) >= 11 is 1.71. The minimum atomic E-state index is 0.542. The molecule has 26 heavy (non-hydrogen) atoms. The van der Waals surface area contributed by atoms with Crippen molar-refractivity contribution in [3.05, 3.63) is 42.6 Å². The van der Waals surface area contributed by atoms with Crippen LogP contribution in [-0.4, -0.2) is 47.7 Å². The number of benzene rings is 1. The van der Waals surface area contributed by atoms with E-state index >= 15 is 0 Å². The van der Waals surface area contributed by atoms with Gasteiger partial charge in [0.25, 0.3) is 0 Å². The predicted molar refractivity (Wildman–Crippen MR) is 102 cm³/mol. The largest absolute Gasteiger partial charge is 0.378 e. The van der Waals surface area contributed by atoms with E-state index in [1.54, 1.807) is 24.0 Å². The molecule has 3 aromatic rings. The van der Waals surface area contributed by atoms with Crippen LogP contribution < -0.4 is 10.2 Å². The second kappa shape index (κ2) is 7.76. The van der Waals surface area contributed by atoms with E-state index in [1.807, 2.05) is 18.2 Å². The zero-order chi connectivity index (χ0) is 17.8. The van der Waals surface area contributed by atoms with Crippen molar-refractivity contribution in [1.29, 1.82) is 0 Å². The van der Waals surface area contributed by atoms with Crippen LogP contribution in [0.4, 0.5) is 17.7 Å². The monoisotopic (exact) mass is 369 g/mol. The summed E-state index contributed by atoms with van der Waals surface area (Å²) in [5, 5.41) is 7.29. The van der Waals surface area contributed by atoms with Gasteiger partial charge in [0.05, 0.1) is 13.2 Å². The minimum Gasteiger partial charge on any atom is -0.378 e. The molecule has 0 bridgehead atoms. The maximum Gasteiger partial charge on any atom is 0.230 e. The maximum atomic E-state index is 5.40. The molecule has 1 aliphatic heterocycles. The summed E-state index contributed by atoms with van der Waals surface area (Å²) in [7, 11) is 0. The molecule has 1 N–H and O–H groups in total. The van der Waals surface area contributed by atoms with Crippen LogP contribution in [-0.2, 0) is 4.74 Å². The number of morpholine rings is 1. The number of nitrogens with zero attached hydrogens (tertiary/aromatic N) is 4. The Morgan fingerprint density at radius 2 is 1.92 bits per heavy atom. The molecule has 0 unspecified atom stereocenters. The smallest absolute Gasteiger partial charge is 0.230 e. The van der Waals surface area contributed by atoms with Crippen LogP contribution in [0.15, 0.2) is 52.0 Å². The van der Waals surface area contributed by atoms with Crippen molar-refractivity contribution in [2.24, 2.45) is 0 Å². The summed E-state index contributed by atoms with van der Waals surface area (Å²) in [5.41, 5.74) is 1.79. The molecule has 7 nitrogen and oxygen atoms in total. The normalized spacial score (nSPS) is 14.4. The first-order valence-electron chi connectivity index (χ1n) is 8.36. The molecule has 1 aromatic carbocycles. The molecule has 0 amide bonds. The highest BCUT2D eigenvalue weighted by Crippen LogP contribution is 2.26. The molecule has 2 aromatic heterocycles. The molecule has 4 rings (SSSR count). The molecule has 0 saturated carbocycles. The Labute approximate surface area is 155 Å². The van der Waals surface area contributed by atoms with Crippen LogP contribution in [0.5, 0.6) is 0 Å². The van der Waals surface area contributed by atoms with Crippen LogP contribution in [0, 0.1) is 0 Å². The van der Waals surface area contributed by atoms with Gasteiger partial charge in [0, 0.05) is 35.8 Å². The molecular weight excluding hydrogens is 350 g/mol. The molecule has 3 heterocycles. The van der Waals surface area contributed by atoms with Gasteiger partial charge in [-0.25, -0.2) is 4.98 Å². The predicted octanol–water partition coefficient (Wildman–Crippen LogP) is 3.43. The Bertz CT molecular complexity index is 862. The topological polar surface area (TPSA) is 76.3 Å². The Kier molecular flexibility index (Phi) is 5.03. The van der Waals surface area contributed by atoms with Crippen molar-refractivity contribution in [2.75, 3.05) is 42.8 Å². The van der Waals surface area contributed by atoms with Gasteiger partial charge < -0.3 is 19.5 Å². The van der Waals surface area contributed by atoms with Crippen molar-refractivity contribution in [2.45, 2.75) is 4.90 Å². The van der Waals surface area contributed by atoms with Gasteiger partial charge in [-0.2, -0.15) is 4.98 Å². The van der Waals surface area contributed by atoms with Crippen LogP contribution in [0.2, 0.25) is 0 Å². The number of thioether (sulfide) groups is 1. The average molecular weight is 369 g/mol. The molecule has 1 saturated heterocycles. The summed E-state index contributed by atoms with van der Waals surface area (Å²) in [5.74, 6) is 1.90. The Hall–Kier alpha value is -2.58. The Balaban J connectivity index is 1.48. The van der Waals surface area contributed by atoms with E-state index in [0.717, 1.165) is 24.3 Å². The number of hydrogen-bond acceptors (Lipinski definition) is 8. The summed E-state index contributed by atoms with van der Waals surface area (Å²) in [6, 6.07) is 11.9. The van der Waals surface area contributed by atoms with E-state index in [-0.39, 0.29) is 0 Å². The number of nitrogens with one attached hydrogen (secondary N) is 1. The molecule has 1 aliphatic rings. The third kappa shape index (κ3) is 3.81. The second-order valence-electron chi connectivity index (χ2n) is 5.77. The highest BCUT2D eigenvalue weighted by Gasteiger charge is 2.14. The molecule has 1 fully saturated rings. The van der Waals surface area contributed by atoms with Gasteiger partial charge in [0.2, 0.25) is 11.8 Å². The first-order valence-corrected chi connectivity index (χ1v) is 9.58. The van der Waals surface area contributed by atoms with E-state index in [1.165, 1.54) is 4.90 Å². The Morgan fingerprint density at radius 3 is 2.69 bits per heavy atom. The fraction of sp³-hybridized carbons (Fsp3) is 0.278. The molecule has 0 atom stereocenters. The van der Waals surface area contributed by atoms with Gasteiger partial charge in [0.15, 0.2) is 0 Å². The number of hydrogen-bond donors (Lipinski definition) is 1. The van der Waals surface area contributed by atoms with Crippen LogP contribution >= 0.6 is 11.8 Å². The fourth-order valence-electron chi connectivity index (χ4n) is 2.69. The highest BCUT2D eigenvalue weighted by molar-refractivity contribution is 7.98. The quantitative estimate of drug-likeness (QED) is 0.686. The lowest BCUT2D eigenvalue weighted by Gasteiger charge is -2.26. The number of aromatic nitrogens is 3. The SMILES string of the molecule is CSc1ccc(-c2cc(Nc3ccnc(N4CCOCC4)n3)on2)cc1. The minimum absolute atomic E-state index is 0.542. The van der Waals surface area contributed by atoms with Crippen molar-refractivity contribution < 1.29 is 9.26 Å². The lowest BCUT2D eigenvalue weighted by molar-refractivity contribution is 0.122. The summed E-state index contributed by atoms with van der Waals surface area (Å²) in [6.45, 7) is 2.98. The van der Waals surface area contributed by atoms with Gasteiger partial charge in [0.1, 0.15) is 11.5 Å². The molecule has 0 spiro atoms. The first kappa shape index (κ1) is 16.9. The molecule has 134 valence electrons. The van der Waals surface area contributed by atoms with Crippen LogP contribution in [0.3, 0.4) is 0 Å². The second-order valence-corrected chi connectivity index (χ2v) is 6.65. The lowest BCUT2D eigenvalue weighted by Crippen LogP contribution is -2.37. The lowest BCUT2D eigenvalue weighted by atomic mass is 10.1. The molecule has 0 aliphatic carbocycles. The van der Waals surface area contributed by atoms with E-state index in [2.05, 4.69) is 43.7 Å². The van der Waals surface area contributed by atoms with E-state index in [4.69, 9.17) is 9.26 Å². The van der Waals surface area contributed by atoms with E-state index < -0.39 is 0 Å². The molecular formula is C18H19N5O2S. The zero-order valence-electron chi connectivity index (χ0n) is 14.4.